The van der Waals surface area contributed by atoms with Crippen LogP contribution in [0, 0.1) is 5.82 Å². The van der Waals surface area contributed by atoms with E-state index in [1.807, 2.05) is 20.9 Å². The van der Waals surface area contributed by atoms with Crippen molar-refractivity contribution >= 4 is 17.7 Å². The molecule has 118 valence electrons. The van der Waals surface area contributed by atoms with E-state index in [1.165, 1.54) is 23.9 Å². The summed E-state index contributed by atoms with van der Waals surface area (Å²) in [6.07, 6.45) is 0.898. The first-order valence-electron chi connectivity index (χ1n) is 7.08. The van der Waals surface area contributed by atoms with Gasteiger partial charge in [-0.15, -0.1) is 10.2 Å². The number of benzene rings is 1. The van der Waals surface area contributed by atoms with E-state index in [-0.39, 0.29) is 17.8 Å². The minimum absolute atomic E-state index is 0.0225. The van der Waals surface area contributed by atoms with Gasteiger partial charge in [0.05, 0.1) is 5.75 Å². The summed E-state index contributed by atoms with van der Waals surface area (Å²) < 4.78 is 14.8. The number of aromatic nitrogens is 3. The fraction of sp³-hybridized carbons (Fsp3) is 0.400. The molecule has 1 atom stereocenters. The summed E-state index contributed by atoms with van der Waals surface area (Å²) in [5, 5.41) is 11.8. The van der Waals surface area contributed by atoms with Gasteiger partial charge in [0, 0.05) is 18.7 Å². The van der Waals surface area contributed by atoms with Crippen molar-refractivity contribution in [2.45, 2.75) is 31.5 Å². The van der Waals surface area contributed by atoms with Crippen molar-refractivity contribution in [3.63, 3.8) is 0 Å². The number of hydrogen-bond acceptors (Lipinski definition) is 4. The molecule has 0 saturated heterocycles. The number of nitrogens with one attached hydrogen (secondary N) is 1. The SMILES string of the molecule is CC[C@@H](C)NC(=O)CSc1nnc(-c2ccc(F)cc2)n1C. The number of halogens is 1. The van der Waals surface area contributed by atoms with Crippen LogP contribution in [0.4, 0.5) is 4.39 Å². The summed E-state index contributed by atoms with van der Waals surface area (Å²) in [6, 6.07) is 6.25. The van der Waals surface area contributed by atoms with Crippen LogP contribution in [-0.2, 0) is 11.8 Å². The zero-order valence-corrected chi connectivity index (χ0v) is 13.7. The second-order valence-electron chi connectivity index (χ2n) is 5.04. The van der Waals surface area contributed by atoms with E-state index in [4.69, 9.17) is 0 Å². The zero-order valence-electron chi connectivity index (χ0n) is 12.8. The summed E-state index contributed by atoms with van der Waals surface area (Å²) in [5.74, 6) is 0.623. The number of hydrogen-bond donors (Lipinski definition) is 1. The van der Waals surface area contributed by atoms with Gasteiger partial charge in [0.1, 0.15) is 5.82 Å². The Morgan fingerprint density at radius 2 is 2.05 bits per heavy atom. The van der Waals surface area contributed by atoms with E-state index < -0.39 is 0 Å². The average molecular weight is 322 g/mol. The van der Waals surface area contributed by atoms with Crippen molar-refractivity contribution < 1.29 is 9.18 Å². The largest absolute Gasteiger partial charge is 0.353 e. The monoisotopic (exact) mass is 322 g/mol. The number of carbonyl (C=O) groups excluding carboxylic acids is 1. The molecule has 22 heavy (non-hydrogen) atoms. The molecule has 2 rings (SSSR count). The van der Waals surface area contributed by atoms with Crippen LogP contribution in [0.1, 0.15) is 20.3 Å². The molecule has 0 radical (unpaired) electrons. The Morgan fingerprint density at radius 1 is 1.36 bits per heavy atom. The van der Waals surface area contributed by atoms with Crippen molar-refractivity contribution in [1.82, 2.24) is 20.1 Å². The number of thioether (sulfide) groups is 1. The Hall–Kier alpha value is -1.89. The zero-order chi connectivity index (χ0) is 16.1. The lowest BCUT2D eigenvalue weighted by Crippen LogP contribution is -2.33. The molecule has 0 aliphatic rings. The molecular weight excluding hydrogens is 303 g/mol. The molecule has 7 heteroatoms. The summed E-state index contributed by atoms with van der Waals surface area (Å²) in [4.78, 5) is 11.8. The van der Waals surface area contributed by atoms with Gasteiger partial charge in [-0.25, -0.2) is 4.39 Å². The van der Waals surface area contributed by atoms with E-state index >= 15 is 0 Å². The molecule has 0 bridgehead atoms. The normalized spacial score (nSPS) is 12.2. The van der Waals surface area contributed by atoms with E-state index in [1.54, 1.807) is 16.7 Å². The quantitative estimate of drug-likeness (QED) is 0.831. The lowest BCUT2D eigenvalue weighted by Gasteiger charge is -2.10. The number of nitrogens with zero attached hydrogens (tertiary/aromatic N) is 3. The summed E-state index contributed by atoms with van der Waals surface area (Å²) in [7, 11) is 1.83. The molecule has 5 nitrogen and oxygen atoms in total. The molecule has 0 spiro atoms. The van der Waals surface area contributed by atoms with Crippen molar-refractivity contribution in [1.29, 1.82) is 0 Å². The first-order valence-corrected chi connectivity index (χ1v) is 8.07. The first-order chi connectivity index (χ1) is 10.5. The maximum absolute atomic E-state index is 13.0. The van der Waals surface area contributed by atoms with E-state index in [0.29, 0.717) is 16.7 Å². The lowest BCUT2D eigenvalue weighted by molar-refractivity contribution is -0.119. The third-order valence-electron chi connectivity index (χ3n) is 3.29. The van der Waals surface area contributed by atoms with Gasteiger partial charge in [0.2, 0.25) is 5.91 Å². The molecular formula is C15H19FN4OS. The number of rotatable bonds is 6. The van der Waals surface area contributed by atoms with Crippen molar-refractivity contribution in [2.24, 2.45) is 7.05 Å². The Balaban J connectivity index is 2.02. The van der Waals surface area contributed by atoms with Gasteiger partial charge in [-0.3, -0.25) is 4.79 Å². The average Bonchev–Trinajstić information content (AvgIpc) is 2.87. The fourth-order valence-electron chi connectivity index (χ4n) is 1.84. The molecule has 1 aromatic carbocycles. The summed E-state index contributed by atoms with van der Waals surface area (Å²) in [6.45, 7) is 3.99. The van der Waals surface area contributed by atoms with Crippen LogP contribution < -0.4 is 5.32 Å². The Kier molecular flexibility index (Phi) is 5.54. The van der Waals surface area contributed by atoms with Gasteiger partial charge < -0.3 is 9.88 Å². The molecule has 2 aromatic rings. The maximum atomic E-state index is 13.0. The highest BCUT2D eigenvalue weighted by atomic mass is 32.2. The predicted molar refractivity (Wildman–Crippen MR) is 85.0 cm³/mol. The minimum atomic E-state index is -0.290. The first kappa shape index (κ1) is 16.5. The standard InChI is InChI=1S/C15H19FN4OS/c1-4-10(2)17-13(21)9-22-15-19-18-14(20(15)3)11-5-7-12(16)8-6-11/h5-8,10H,4,9H2,1-3H3,(H,17,21)/t10-/m1/s1. The Labute approximate surface area is 133 Å². The minimum Gasteiger partial charge on any atom is -0.353 e. The van der Waals surface area contributed by atoms with Crippen LogP contribution in [0.3, 0.4) is 0 Å². The molecule has 0 aliphatic heterocycles. The van der Waals surface area contributed by atoms with Crippen LogP contribution >= 0.6 is 11.8 Å². The second kappa shape index (κ2) is 7.40. The Morgan fingerprint density at radius 3 is 2.68 bits per heavy atom. The molecule has 1 N–H and O–H groups in total. The van der Waals surface area contributed by atoms with Crippen molar-refractivity contribution in [2.75, 3.05) is 5.75 Å². The van der Waals surface area contributed by atoms with E-state index in [0.717, 1.165) is 12.0 Å². The number of amides is 1. The van der Waals surface area contributed by atoms with Gasteiger partial charge in [-0.05, 0) is 37.6 Å². The Bertz CT molecular complexity index is 641. The summed E-state index contributed by atoms with van der Waals surface area (Å²) >= 11 is 1.33. The number of carbonyl (C=O) groups is 1. The highest BCUT2D eigenvalue weighted by Gasteiger charge is 2.13. The van der Waals surface area contributed by atoms with Crippen LogP contribution in [0.2, 0.25) is 0 Å². The van der Waals surface area contributed by atoms with Crippen LogP contribution in [0.5, 0.6) is 0 Å². The molecule has 0 fully saturated rings. The molecule has 1 heterocycles. The predicted octanol–water partition coefficient (Wildman–Crippen LogP) is 2.63. The fourth-order valence-corrected chi connectivity index (χ4v) is 2.56. The molecule has 0 aliphatic carbocycles. The van der Waals surface area contributed by atoms with Crippen molar-refractivity contribution in [3.05, 3.63) is 30.1 Å². The molecule has 1 aromatic heterocycles. The molecule has 1 amide bonds. The summed E-state index contributed by atoms with van der Waals surface area (Å²) in [5.41, 5.74) is 0.785. The molecule has 0 saturated carbocycles. The highest BCUT2D eigenvalue weighted by molar-refractivity contribution is 7.99. The maximum Gasteiger partial charge on any atom is 0.230 e. The van der Waals surface area contributed by atoms with E-state index in [9.17, 15) is 9.18 Å². The lowest BCUT2D eigenvalue weighted by atomic mass is 10.2. The van der Waals surface area contributed by atoms with Crippen LogP contribution in [0.25, 0.3) is 11.4 Å². The van der Waals surface area contributed by atoms with E-state index in [2.05, 4.69) is 15.5 Å². The highest BCUT2D eigenvalue weighted by Crippen LogP contribution is 2.22. The topological polar surface area (TPSA) is 59.8 Å². The van der Waals surface area contributed by atoms with Gasteiger partial charge in [-0.1, -0.05) is 18.7 Å². The smallest absolute Gasteiger partial charge is 0.230 e. The van der Waals surface area contributed by atoms with Crippen LogP contribution in [-0.4, -0.2) is 32.5 Å². The van der Waals surface area contributed by atoms with Gasteiger partial charge >= 0.3 is 0 Å². The molecule has 0 unspecified atom stereocenters. The van der Waals surface area contributed by atoms with Gasteiger partial charge in [0.15, 0.2) is 11.0 Å². The third-order valence-corrected chi connectivity index (χ3v) is 4.31. The second-order valence-corrected chi connectivity index (χ2v) is 5.98. The van der Waals surface area contributed by atoms with Gasteiger partial charge in [0.25, 0.3) is 0 Å². The van der Waals surface area contributed by atoms with Crippen molar-refractivity contribution in [3.8, 4) is 11.4 Å². The van der Waals surface area contributed by atoms with Crippen LogP contribution in [0.15, 0.2) is 29.4 Å². The van der Waals surface area contributed by atoms with Gasteiger partial charge in [-0.2, -0.15) is 0 Å². The third kappa shape index (κ3) is 4.07.